The molecule has 1 fully saturated rings. The van der Waals surface area contributed by atoms with Gasteiger partial charge < -0.3 is 15.0 Å². The quantitative estimate of drug-likeness (QED) is 0.597. The second-order valence-electron chi connectivity index (χ2n) is 7.94. The maximum atomic E-state index is 12.3. The molecular formula is C24H32N2O4S. The molecule has 3 rings (SSSR count). The van der Waals surface area contributed by atoms with E-state index < -0.39 is 9.84 Å². The van der Waals surface area contributed by atoms with Gasteiger partial charge in [-0.05, 0) is 62.1 Å². The number of anilines is 1. The van der Waals surface area contributed by atoms with Crippen molar-refractivity contribution in [3.8, 4) is 5.75 Å². The van der Waals surface area contributed by atoms with Gasteiger partial charge in [0, 0.05) is 31.2 Å². The Balaban J connectivity index is 1.38. The summed E-state index contributed by atoms with van der Waals surface area (Å²) in [5, 5.41) is 3.14. The number of para-hydroxylation sites is 1. The average Bonchev–Trinajstić information content (AvgIpc) is 2.78. The van der Waals surface area contributed by atoms with E-state index in [2.05, 4.69) is 10.2 Å². The third-order valence-corrected chi connectivity index (χ3v) is 7.45. The van der Waals surface area contributed by atoms with E-state index in [4.69, 9.17) is 4.74 Å². The van der Waals surface area contributed by atoms with Crippen molar-refractivity contribution >= 4 is 21.4 Å². The fraction of sp³-hybridized carbons (Fsp3) is 0.458. The number of rotatable bonds is 9. The molecule has 0 bridgehead atoms. The van der Waals surface area contributed by atoms with E-state index in [1.807, 2.05) is 43.3 Å². The third kappa shape index (κ3) is 6.47. The number of ether oxygens (including phenoxy) is 1. The molecule has 1 saturated heterocycles. The summed E-state index contributed by atoms with van der Waals surface area (Å²) in [6, 6.07) is 15.2. The zero-order valence-corrected chi connectivity index (χ0v) is 19.2. The maximum absolute atomic E-state index is 12.3. The Kier molecular flexibility index (Phi) is 7.96. The van der Waals surface area contributed by atoms with Crippen LogP contribution in [0.4, 0.5) is 5.69 Å². The van der Waals surface area contributed by atoms with Gasteiger partial charge >= 0.3 is 0 Å². The highest BCUT2D eigenvalue weighted by atomic mass is 32.2. The summed E-state index contributed by atoms with van der Waals surface area (Å²) in [6.07, 6.45) is 2.90. The molecule has 6 nitrogen and oxygen atoms in total. The highest BCUT2D eigenvalue weighted by molar-refractivity contribution is 7.91. The van der Waals surface area contributed by atoms with Crippen LogP contribution in [0, 0.1) is 6.92 Å². The SMILES string of the molecule is CCS(=O)(=O)c1ccc(N2CCC(NC(=O)CCCOc3ccccc3C)CC2)cc1. The molecule has 1 amide bonds. The summed E-state index contributed by atoms with van der Waals surface area (Å²) >= 11 is 0. The van der Waals surface area contributed by atoms with E-state index in [-0.39, 0.29) is 17.7 Å². The Bertz CT molecular complexity index is 965. The van der Waals surface area contributed by atoms with Gasteiger partial charge in [0.25, 0.3) is 0 Å². The third-order valence-electron chi connectivity index (χ3n) is 5.70. The normalized spacial score (nSPS) is 15.0. The summed E-state index contributed by atoms with van der Waals surface area (Å²) in [6.45, 7) is 5.86. The number of hydrogen-bond acceptors (Lipinski definition) is 5. The first kappa shape index (κ1) is 23.1. The number of hydrogen-bond donors (Lipinski definition) is 1. The smallest absolute Gasteiger partial charge is 0.220 e. The van der Waals surface area contributed by atoms with Crippen LogP contribution in [-0.4, -0.2) is 45.8 Å². The molecule has 0 radical (unpaired) electrons. The number of carbonyl (C=O) groups is 1. The van der Waals surface area contributed by atoms with Crippen LogP contribution >= 0.6 is 0 Å². The lowest BCUT2D eigenvalue weighted by Gasteiger charge is -2.34. The minimum atomic E-state index is -3.17. The van der Waals surface area contributed by atoms with E-state index in [1.165, 1.54) is 0 Å². The van der Waals surface area contributed by atoms with Gasteiger partial charge in [-0.1, -0.05) is 25.1 Å². The summed E-state index contributed by atoms with van der Waals surface area (Å²) in [4.78, 5) is 14.9. The predicted octanol–water partition coefficient (Wildman–Crippen LogP) is 3.73. The molecule has 0 aromatic heterocycles. The average molecular weight is 445 g/mol. The molecule has 1 heterocycles. The zero-order chi connectivity index (χ0) is 22.3. The summed E-state index contributed by atoms with van der Waals surface area (Å²) in [5.41, 5.74) is 2.12. The molecule has 0 saturated carbocycles. The molecule has 31 heavy (non-hydrogen) atoms. The lowest BCUT2D eigenvalue weighted by molar-refractivity contribution is -0.122. The molecule has 0 unspecified atom stereocenters. The Morgan fingerprint density at radius 1 is 1.10 bits per heavy atom. The second kappa shape index (κ2) is 10.7. The van der Waals surface area contributed by atoms with Crippen molar-refractivity contribution in [1.29, 1.82) is 0 Å². The molecular weight excluding hydrogens is 412 g/mol. The van der Waals surface area contributed by atoms with Gasteiger partial charge in [0.15, 0.2) is 9.84 Å². The van der Waals surface area contributed by atoms with Gasteiger partial charge in [-0.15, -0.1) is 0 Å². The van der Waals surface area contributed by atoms with Crippen LogP contribution in [-0.2, 0) is 14.6 Å². The molecule has 7 heteroatoms. The number of carbonyl (C=O) groups excluding carboxylic acids is 1. The molecule has 1 aliphatic rings. The first-order chi connectivity index (χ1) is 14.9. The zero-order valence-electron chi connectivity index (χ0n) is 18.3. The molecule has 1 N–H and O–H groups in total. The fourth-order valence-electron chi connectivity index (χ4n) is 3.75. The van der Waals surface area contributed by atoms with E-state index >= 15 is 0 Å². The van der Waals surface area contributed by atoms with Crippen LogP contribution in [0.5, 0.6) is 5.75 Å². The molecule has 2 aromatic carbocycles. The van der Waals surface area contributed by atoms with Crippen LogP contribution in [0.3, 0.4) is 0 Å². The second-order valence-corrected chi connectivity index (χ2v) is 10.2. The number of nitrogens with one attached hydrogen (secondary N) is 1. The molecule has 0 aliphatic carbocycles. The van der Waals surface area contributed by atoms with Gasteiger partial charge in [0.05, 0.1) is 17.3 Å². The maximum Gasteiger partial charge on any atom is 0.220 e. The number of nitrogens with zero attached hydrogens (tertiary/aromatic N) is 1. The molecule has 2 aromatic rings. The van der Waals surface area contributed by atoms with Crippen LogP contribution in [0.15, 0.2) is 53.4 Å². The minimum absolute atomic E-state index is 0.0703. The van der Waals surface area contributed by atoms with E-state index in [1.54, 1.807) is 19.1 Å². The number of benzene rings is 2. The minimum Gasteiger partial charge on any atom is -0.493 e. The lowest BCUT2D eigenvalue weighted by Crippen LogP contribution is -2.44. The van der Waals surface area contributed by atoms with Gasteiger partial charge in [0.1, 0.15) is 5.75 Å². The lowest BCUT2D eigenvalue weighted by atomic mass is 10.0. The van der Waals surface area contributed by atoms with Crippen molar-refractivity contribution in [2.24, 2.45) is 0 Å². The van der Waals surface area contributed by atoms with Crippen LogP contribution < -0.4 is 15.0 Å². The summed E-state index contributed by atoms with van der Waals surface area (Å²) < 4.78 is 29.7. The van der Waals surface area contributed by atoms with Crippen molar-refractivity contribution in [2.75, 3.05) is 30.3 Å². The molecule has 168 valence electrons. The van der Waals surface area contributed by atoms with Gasteiger partial charge in [-0.2, -0.15) is 0 Å². The van der Waals surface area contributed by atoms with Crippen molar-refractivity contribution in [3.05, 3.63) is 54.1 Å². The molecule has 1 aliphatic heterocycles. The number of piperidine rings is 1. The van der Waals surface area contributed by atoms with E-state index in [9.17, 15) is 13.2 Å². The van der Waals surface area contributed by atoms with Crippen LogP contribution in [0.25, 0.3) is 0 Å². The van der Waals surface area contributed by atoms with Crippen molar-refractivity contribution in [2.45, 2.75) is 50.5 Å². The van der Waals surface area contributed by atoms with E-state index in [0.717, 1.165) is 42.9 Å². The first-order valence-electron chi connectivity index (χ1n) is 10.9. The topological polar surface area (TPSA) is 75.7 Å². The van der Waals surface area contributed by atoms with Gasteiger partial charge in [-0.3, -0.25) is 4.79 Å². The Morgan fingerprint density at radius 2 is 1.77 bits per heavy atom. The molecule has 0 atom stereocenters. The molecule has 0 spiro atoms. The van der Waals surface area contributed by atoms with Crippen molar-refractivity contribution < 1.29 is 17.9 Å². The first-order valence-corrected chi connectivity index (χ1v) is 12.6. The highest BCUT2D eigenvalue weighted by Crippen LogP contribution is 2.23. The van der Waals surface area contributed by atoms with Crippen molar-refractivity contribution in [1.82, 2.24) is 5.32 Å². The van der Waals surface area contributed by atoms with Crippen LogP contribution in [0.2, 0.25) is 0 Å². The van der Waals surface area contributed by atoms with Crippen LogP contribution in [0.1, 0.15) is 38.2 Å². The highest BCUT2D eigenvalue weighted by Gasteiger charge is 2.21. The fourth-order valence-corrected chi connectivity index (χ4v) is 4.63. The van der Waals surface area contributed by atoms with Crippen molar-refractivity contribution in [3.63, 3.8) is 0 Å². The summed E-state index contributed by atoms with van der Waals surface area (Å²) in [7, 11) is -3.17. The predicted molar refractivity (Wildman–Crippen MR) is 123 cm³/mol. The van der Waals surface area contributed by atoms with Gasteiger partial charge in [0.2, 0.25) is 5.91 Å². The standard InChI is InChI=1S/C24H32N2O4S/c1-3-31(28,29)22-12-10-21(11-13-22)26-16-14-20(15-17-26)25-24(27)9-6-18-30-23-8-5-4-7-19(23)2/h4-5,7-8,10-13,20H,3,6,9,14-18H2,1-2H3,(H,25,27). The number of amides is 1. The van der Waals surface area contributed by atoms with E-state index in [0.29, 0.717) is 24.3 Å². The Labute approximate surface area is 185 Å². The summed E-state index contributed by atoms with van der Waals surface area (Å²) in [5.74, 6) is 1.05. The number of sulfone groups is 1. The van der Waals surface area contributed by atoms with Gasteiger partial charge in [-0.25, -0.2) is 8.42 Å². The Morgan fingerprint density at radius 3 is 2.42 bits per heavy atom. The largest absolute Gasteiger partial charge is 0.493 e. The number of aryl methyl sites for hydroxylation is 1. The Hall–Kier alpha value is -2.54. The monoisotopic (exact) mass is 444 g/mol.